The molecule has 0 spiro atoms. The van der Waals surface area contributed by atoms with Gasteiger partial charge in [0.15, 0.2) is 0 Å². The van der Waals surface area contributed by atoms with Crippen LogP contribution in [0.25, 0.3) is 0 Å². The molecule has 0 aromatic rings. The Morgan fingerprint density at radius 3 is 2.19 bits per heavy atom. The molecule has 1 aliphatic rings. The average molecular weight is 311 g/mol. The molecule has 0 nitrogen and oxygen atoms in total. The Morgan fingerprint density at radius 2 is 1.67 bits per heavy atom. The van der Waals surface area contributed by atoms with Gasteiger partial charge in [-0.05, 0) is 44.3 Å². The predicted molar refractivity (Wildman–Crippen MR) is 100 cm³/mol. The van der Waals surface area contributed by atoms with E-state index in [1.807, 2.05) is 0 Å². The molecular weight excluding hydrogens is 272 g/mol. The number of hydrogen-bond donors (Lipinski definition) is 0. The summed E-state index contributed by atoms with van der Waals surface area (Å²) >= 11 is 2.28. The van der Waals surface area contributed by atoms with E-state index in [1.54, 1.807) is 5.57 Å². The van der Waals surface area contributed by atoms with Crippen LogP contribution in [0.15, 0.2) is 11.6 Å². The largest absolute Gasteiger partial charge is 0.155 e. The minimum Gasteiger partial charge on any atom is -0.155 e. The van der Waals surface area contributed by atoms with Crippen molar-refractivity contribution < 1.29 is 0 Å². The zero-order chi connectivity index (χ0) is 15.6. The summed E-state index contributed by atoms with van der Waals surface area (Å²) in [6, 6.07) is 0. The number of unbranched alkanes of at least 4 members (excludes halogenated alkanes) is 7. The molecule has 0 N–H and O–H groups in total. The maximum Gasteiger partial charge on any atom is 0.0220 e. The van der Waals surface area contributed by atoms with Gasteiger partial charge in [-0.2, -0.15) is 11.8 Å². The van der Waals surface area contributed by atoms with Crippen molar-refractivity contribution in [1.29, 1.82) is 0 Å². The lowest BCUT2D eigenvalue weighted by Crippen LogP contribution is -2.33. The lowest BCUT2D eigenvalue weighted by Gasteiger charge is -2.39. The summed E-state index contributed by atoms with van der Waals surface area (Å²) in [5, 5.41) is 0. The second kappa shape index (κ2) is 10.8. The zero-order valence-corrected chi connectivity index (χ0v) is 15.9. The Balaban J connectivity index is 2.12. The first-order chi connectivity index (χ1) is 10.1. The fourth-order valence-corrected chi connectivity index (χ4v) is 4.83. The second-order valence-electron chi connectivity index (χ2n) is 7.30. The van der Waals surface area contributed by atoms with Gasteiger partial charge in [-0.15, -0.1) is 0 Å². The topological polar surface area (TPSA) is 0 Å². The summed E-state index contributed by atoms with van der Waals surface area (Å²) in [6.45, 7) is 9.45. The molecule has 1 rings (SSSR count). The van der Waals surface area contributed by atoms with Crippen molar-refractivity contribution >= 4 is 11.8 Å². The number of allylic oxidation sites excluding steroid dienone is 2. The molecule has 1 aliphatic carbocycles. The standard InChI is InChI=1S/C20H38S/c1-5-6-7-8-9-10-11-12-17-21-20(18(2)3)15-13-19(4)14-16-20/h13,18H,5-12,14-17H2,1-4H3. The lowest BCUT2D eigenvalue weighted by atomic mass is 9.82. The second-order valence-corrected chi connectivity index (χ2v) is 8.81. The lowest BCUT2D eigenvalue weighted by molar-refractivity contribution is 0.396. The van der Waals surface area contributed by atoms with Crippen molar-refractivity contribution in [2.75, 3.05) is 5.75 Å². The van der Waals surface area contributed by atoms with E-state index >= 15 is 0 Å². The Hall–Kier alpha value is 0.0900. The molecule has 0 aliphatic heterocycles. The summed E-state index contributed by atoms with van der Waals surface area (Å²) in [5.41, 5.74) is 1.61. The van der Waals surface area contributed by atoms with Gasteiger partial charge >= 0.3 is 0 Å². The molecular formula is C20H38S. The van der Waals surface area contributed by atoms with E-state index in [0.29, 0.717) is 4.75 Å². The molecule has 124 valence electrons. The van der Waals surface area contributed by atoms with Crippen LogP contribution in [0.1, 0.15) is 98.3 Å². The first kappa shape index (κ1) is 19.1. The molecule has 21 heavy (non-hydrogen) atoms. The van der Waals surface area contributed by atoms with E-state index in [0.717, 1.165) is 5.92 Å². The maximum absolute atomic E-state index is 2.50. The van der Waals surface area contributed by atoms with Crippen LogP contribution >= 0.6 is 11.8 Å². The predicted octanol–water partition coefficient (Wildman–Crippen LogP) is 7.39. The molecule has 1 unspecified atom stereocenters. The summed E-state index contributed by atoms with van der Waals surface area (Å²) in [4.78, 5) is 0. The highest BCUT2D eigenvalue weighted by atomic mass is 32.2. The molecule has 1 atom stereocenters. The van der Waals surface area contributed by atoms with Crippen molar-refractivity contribution in [2.24, 2.45) is 5.92 Å². The van der Waals surface area contributed by atoms with Gasteiger partial charge in [0.2, 0.25) is 0 Å². The molecule has 0 bridgehead atoms. The van der Waals surface area contributed by atoms with Crippen LogP contribution in [0.2, 0.25) is 0 Å². The van der Waals surface area contributed by atoms with Crippen LogP contribution in [-0.4, -0.2) is 10.5 Å². The Labute approximate surface area is 138 Å². The van der Waals surface area contributed by atoms with Gasteiger partial charge in [-0.1, -0.05) is 77.4 Å². The zero-order valence-electron chi connectivity index (χ0n) is 15.0. The van der Waals surface area contributed by atoms with Crippen LogP contribution in [0.3, 0.4) is 0 Å². The van der Waals surface area contributed by atoms with Crippen LogP contribution in [-0.2, 0) is 0 Å². The third-order valence-corrected chi connectivity index (χ3v) is 7.09. The molecule has 0 aromatic carbocycles. The van der Waals surface area contributed by atoms with Gasteiger partial charge in [0.25, 0.3) is 0 Å². The quantitative estimate of drug-likeness (QED) is 0.283. The smallest absolute Gasteiger partial charge is 0.0220 e. The van der Waals surface area contributed by atoms with Gasteiger partial charge in [0.1, 0.15) is 0 Å². The Morgan fingerprint density at radius 1 is 1.05 bits per heavy atom. The van der Waals surface area contributed by atoms with Gasteiger partial charge in [-0.25, -0.2) is 0 Å². The fourth-order valence-electron chi connectivity index (χ4n) is 3.29. The summed E-state index contributed by atoms with van der Waals surface area (Å²) in [5.74, 6) is 2.18. The average Bonchev–Trinajstić information content (AvgIpc) is 2.47. The highest BCUT2D eigenvalue weighted by Gasteiger charge is 2.34. The van der Waals surface area contributed by atoms with Crippen molar-refractivity contribution in [2.45, 2.75) is 103 Å². The van der Waals surface area contributed by atoms with E-state index in [4.69, 9.17) is 0 Å². The third kappa shape index (κ3) is 7.26. The van der Waals surface area contributed by atoms with Crippen LogP contribution < -0.4 is 0 Å². The first-order valence-electron chi connectivity index (χ1n) is 9.40. The Kier molecular flexibility index (Phi) is 9.80. The Bertz CT molecular complexity index is 292. The molecule has 0 amide bonds. The van der Waals surface area contributed by atoms with Crippen molar-refractivity contribution in [3.8, 4) is 0 Å². The van der Waals surface area contributed by atoms with Crippen molar-refractivity contribution in [1.82, 2.24) is 0 Å². The van der Waals surface area contributed by atoms with E-state index in [-0.39, 0.29) is 0 Å². The number of thioether (sulfide) groups is 1. The molecule has 0 radical (unpaired) electrons. The van der Waals surface area contributed by atoms with Crippen LogP contribution in [0.4, 0.5) is 0 Å². The highest BCUT2D eigenvalue weighted by Crippen LogP contribution is 2.44. The fraction of sp³-hybridized carbons (Fsp3) is 0.900. The van der Waals surface area contributed by atoms with Crippen LogP contribution in [0, 0.1) is 5.92 Å². The summed E-state index contributed by atoms with van der Waals surface area (Å²) in [6.07, 6.45) is 18.0. The van der Waals surface area contributed by atoms with Gasteiger partial charge in [-0.3, -0.25) is 0 Å². The first-order valence-corrected chi connectivity index (χ1v) is 10.4. The summed E-state index contributed by atoms with van der Waals surface area (Å²) in [7, 11) is 0. The number of hydrogen-bond acceptors (Lipinski definition) is 1. The molecule has 1 heteroatoms. The van der Waals surface area contributed by atoms with Gasteiger partial charge < -0.3 is 0 Å². The molecule has 0 aromatic heterocycles. The van der Waals surface area contributed by atoms with Crippen molar-refractivity contribution in [3.63, 3.8) is 0 Å². The summed E-state index contributed by atoms with van der Waals surface area (Å²) < 4.78 is 0.542. The SMILES string of the molecule is CCCCCCCCCCSC1(C(C)C)CC=C(C)CC1. The van der Waals surface area contributed by atoms with E-state index in [1.165, 1.54) is 76.4 Å². The van der Waals surface area contributed by atoms with E-state index in [9.17, 15) is 0 Å². The van der Waals surface area contributed by atoms with Gasteiger partial charge in [0.05, 0.1) is 0 Å². The third-order valence-electron chi connectivity index (χ3n) is 5.18. The number of rotatable bonds is 11. The molecule has 0 fully saturated rings. The van der Waals surface area contributed by atoms with Gasteiger partial charge in [0, 0.05) is 4.75 Å². The molecule has 0 saturated carbocycles. The normalized spacial score (nSPS) is 22.6. The monoisotopic (exact) mass is 310 g/mol. The van der Waals surface area contributed by atoms with E-state index in [2.05, 4.69) is 45.5 Å². The van der Waals surface area contributed by atoms with E-state index < -0.39 is 0 Å². The molecule has 0 heterocycles. The minimum atomic E-state index is 0.542. The highest BCUT2D eigenvalue weighted by molar-refractivity contribution is 8.00. The maximum atomic E-state index is 2.50. The van der Waals surface area contributed by atoms with Crippen LogP contribution in [0.5, 0.6) is 0 Å². The van der Waals surface area contributed by atoms with Crippen molar-refractivity contribution in [3.05, 3.63) is 11.6 Å². The minimum absolute atomic E-state index is 0.542. The molecule has 0 saturated heterocycles.